The second-order valence-electron chi connectivity index (χ2n) is 6.28. The van der Waals surface area contributed by atoms with Crippen molar-refractivity contribution in [3.05, 3.63) is 35.9 Å². The van der Waals surface area contributed by atoms with Crippen molar-refractivity contribution in [2.24, 2.45) is 11.7 Å². The first-order valence-electron chi connectivity index (χ1n) is 7.74. The Kier molecular flexibility index (Phi) is 3.90. The van der Waals surface area contributed by atoms with Gasteiger partial charge in [0.05, 0.1) is 5.60 Å². The summed E-state index contributed by atoms with van der Waals surface area (Å²) in [5.41, 5.74) is 7.94. The van der Waals surface area contributed by atoms with Gasteiger partial charge in [0.25, 0.3) is 0 Å². The van der Waals surface area contributed by atoms with Crippen molar-refractivity contribution in [1.29, 1.82) is 0 Å². The SMILES string of the molecule is NC(c1ccccc1)C1CCOC2(CCCCC2)C1. The van der Waals surface area contributed by atoms with Crippen LogP contribution in [-0.4, -0.2) is 12.2 Å². The zero-order valence-corrected chi connectivity index (χ0v) is 11.7. The molecule has 2 heteroatoms. The number of ether oxygens (including phenoxy) is 1. The Bertz CT molecular complexity index is 391. The fourth-order valence-corrected chi connectivity index (χ4v) is 3.86. The van der Waals surface area contributed by atoms with Crippen LogP contribution in [0.1, 0.15) is 56.6 Å². The van der Waals surface area contributed by atoms with Gasteiger partial charge in [-0.15, -0.1) is 0 Å². The molecule has 19 heavy (non-hydrogen) atoms. The van der Waals surface area contributed by atoms with E-state index in [0.717, 1.165) is 19.4 Å². The topological polar surface area (TPSA) is 35.2 Å². The smallest absolute Gasteiger partial charge is 0.0685 e. The number of hydrogen-bond acceptors (Lipinski definition) is 2. The summed E-state index contributed by atoms with van der Waals surface area (Å²) in [7, 11) is 0. The molecule has 1 saturated heterocycles. The highest BCUT2D eigenvalue weighted by molar-refractivity contribution is 5.19. The third-order valence-corrected chi connectivity index (χ3v) is 4.99. The van der Waals surface area contributed by atoms with Crippen molar-refractivity contribution in [2.75, 3.05) is 6.61 Å². The van der Waals surface area contributed by atoms with E-state index >= 15 is 0 Å². The average molecular weight is 259 g/mol. The lowest BCUT2D eigenvalue weighted by Crippen LogP contribution is -2.44. The summed E-state index contributed by atoms with van der Waals surface area (Å²) in [6.07, 6.45) is 8.78. The third kappa shape index (κ3) is 2.85. The predicted octanol–water partition coefficient (Wildman–Crippen LogP) is 3.82. The van der Waals surface area contributed by atoms with Gasteiger partial charge in [0.1, 0.15) is 0 Å². The number of nitrogens with two attached hydrogens (primary N) is 1. The first-order chi connectivity index (χ1) is 9.29. The largest absolute Gasteiger partial charge is 0.375 e. The average Bonchev–Trinajstić information content (AvgIpc) is 2.48. The van der Waals surface area contributed by atoms with E-state index < -0.39 is 0 Å². The molecule has 104 valence electrons. The maximum Gasteiger partial charge on any atom is 0.0685 e. The van der Waals surface area contributed by atoms with Gasteiger partial charge >= 0.3 is 0 Å². The lowest BCUT2D eigenvalue weighted by Gasteiger charge is -2.45. The Morgan fingerprint density at radius 3 is 2.58 bits per heavy atom. The minimum atomic E-state index is 0.160. The predicted molar refractivity (Wildman–Crippen MR) is 77.9 cm³/mol. The highest BCUT2D eigenvalue weighted by Gasteiger charge is 2.40. The number of benzene rings is 1. The van der Waals surface area contributed by atoms with E-state index in [1.807, 2.05) is 0 Å². The lowest BCUT2D eigenvalue weighted by molar-refractivity contribution is -0.120. The summed E-state index contributed by atoms with van der Waals surface area (Å²) >= 11 is 0. The molecule has 2 nitrogen and oxygen atoms in total. The Labute approximate surface area is 116 Å². The van der Waals surface area contributed by atoms with E-state index in [0.29, 0.717) is 5.92 Å². The van der Waals surface area contributed by atoms with Crippen LogP contribution < -0.4 is 5.73 Å². The van der Waals surface area contributed by atoms with E-state index in [1.54, 1.807) is 0 Å². The summed E-state index contributed by atoms with van der Waals surface area (Å²) in [5, 5.41) is 0. The number of hydrogen-bond donors (Lipinski definition) is 1. The molecule has 1 aliphatic heterocycles. The van der Waals surface area contributed by atoms with Gasteiger partial charge in [0.15, 0.2) is 0 Å². The summed E-state index contributed by atoms with van der Waals surface area (Å²) < 4.78 is 6.17. The molecule has 1 aromatic carbocycles. The van der Waals surface area contributed by atoms with Crippen LogP contribution in [0.4, 0.5) is 0 Å². The summed E-state index contributed by atoms with van der Waals surface area (Å²) in [6, 6.07) is 10.7. The fraction of sp³-hybridized carbons (Fsp3) is 0.647. The van der Waals surface area contributed by atoms with Gasteiger partial charge in [0.2, 0.25) is 0 Å². The van der Waals surface area contributed by atoms with Crippen LogP contribution >= 0.6 is 0 Å². The van der Waals surface area contributed by atoms with Gasteiger partial charge in [-0.3, -0.25) is 0 Å². The standard InChI is InChI=1S/C17H25NO/c18-16(14-7-3-1-4-8-14)15-9-12-19-17(13-15)10-5-2-6-11-17/h1,3-4,7-8,15-16H,2,5-6,9-13,18H2. The van der Waals surface area contributed by atoms with Crippen LogP contribution in [0.5, 0.6) is 0 Å². The first-order valence-corrected chi connectivity index (χ1v) is 7.74. The minimum Gasteiger partial charge on any atom is -0.375 e. The van der Waals surface area contributed by atoms with Crippen molar-refractivity contribution >= 4 is 0 Å². The molecular weight excluding hydrogens is 234 g/mol. The van der Waals surface area contributed by atoms with Gasteiger partial charge in [-0.1, -0.05) is 49.6 Å². The second kappa shape index (κ2) is 5.64. The molecule has 1 spiro atoms. The van der Waals surface area contributed by atoms with E-state index in [4.69, 9.17) is 10.5 Å². The molecule has 3 rings (SSSR count). The van der Waals surface area contributed by atoms with E-state index in [-0.39, 0.29) is 11.6 Å². The molecule has 2 atom stereocenters. The van der Waals surface area contributed by atoms with Crippen molar-refractivity contribution in [3.8, 4) is 0 Å². The molecule has 1 heterocycles. The Morgan fingerprint density at radius 1 is 1.11 bits per heavy atom. The van der Waals surface area contributed by atoms with Crippen LogP contribution in [0.3, 0.4) is 0 Å². The van der Waals surface area contributed by atoms with E-state index in [1.165, 1.54) is 37.7 Å². The maximum absolute atomic E-state index is 6.50. The summed E-state index contributed by atoms with van der Waals surface area (Å²) in [4.78, 5) is 0. The highest BCUT2D eigenvalue weighted by Crippen LogP contribution is 2.43. The lowest BCUT2D eigenvalue weighted by atomic mass is 9.73. The Morgan fingerprint density at radius 2 is 1.84 bits per heavy atom. The molecule has 2 aliphatic rings. The second-order valence-corrected chi connectivity index (χ2v) is 6.28. The van der Waals surface area contributed by atoms with Crippen LogP contribution in [-0.2, 0) is 4.74 Å². The number of rotatable bonds is 2. The van der Waals surface area contributed by atoms with Crippen molar-refractivity contribution in [3.63, 3.8) is 0 Å². The van der Waals surface area contributed by atoms with Gasteiger partial charge in [-0.2, -0.15) is 0 Å². The normalized spacial score (nSPS) is 28.2. The summed E-state index contributed by atoms with van der Waals surface area (Å²) in [5.74, 6) is 0.578. The monoisotopic (exact) mass is 259 g/mol. The minimum absolute atomic E-state index is 0.160. The van der Waals surface area contributed by atoms with Gasteiger partial charge in [-0.25, -0.2) is 0 Å². The molecule has 0 aromatic heterocycles. The van der Waals surface area contributed by atoms with Gasteiger partial charge in [0, 0.05) is 12.6 Å². The molecule has 1 aromatic rings. The van der Waals surface area contributed by atoms with Crippen LogP contribution in [0.15, 0.2) is 30.3 Å². The zero-order chi connectivity index (χ0) is 13.1. The van der Waals surface area contributed by atoms with Crippen molar-refractivity contribution < 1.29 is 4.74 Å². The summed E-state index contributed by atoms with van der Waals surface area (Å²) in [6.45, 7) is 0.894. The highest BCUT2D eigenvalue weighted by atomic mass is 16.5. The van der Waals surface area contributed by atoms with Crippen LogP contribution in [0.2, 0.25) is 0 Å². The fourth-order valence-electron chi connectivity index (χ4n) is 3.86. The molecule has 0 bridgehead atoms. The Balaban J connectivity index is 1.71. The zero-order valence-electron chi connectivity index (χ0n) is 11.7. The van der Waals surface area contributed by atoms with Gasteiger partial charge in [-0.05, 0) is 37.2 Å². The molecule has 1 aliphatic carbocycles. The first kappa shape index (κ1) is 13.1. The third-order valence-electron chi connectivity index (χ3n) is 4.99. The van der Waals surface area contributed by atoms with E-state index in [9.17, 15) is 0 Å². The van der Waals surface area contributed by atoms with Crippen molar-refractivity contribution in [2.45, 2.75) is 56.6 Å². The Hall–Kier alpha value is -0.860. The van der Waals surface area contributed by atoms with Crippen LogP contribution in [0, 0.1) is 5.92 Å². The molecule has 2 fully saturated rings. The van der Waals surface area contributed by atoms with Crippen LogP contribution in [0.25, 0.3) is 0 Å². The maximum atomic E-state index is 6.50. The molecule has 2 unspecified atom stereocenters. The van der Waals surface area contributed by atoms with E-state index in [2.05, 4.69) is 30.3 Å². The van der Waals surface area contributed by atoms with Gasteiger partial charge < -0.3 is 10.5 Å². The molecule has 2 N–H and O–H groups in total. The quantitative estimate of drug-likeness (QED) is 0.876. The van der Waals surface area contributed by atoms with Crippen molar-refractivity contribution in [1.82, 2.24) is 0 Å². The molecule has 1 saturated carbocycles. The molecule has 0 radical (unpaired) electrons. The molecular formula is C17H25NO. The molecule has 0 amide bonds.